The van der Waals surface area contributed by atoms with Gasteiger partial charge in [0.05, 0.1) is 7.11 Å². The van der Waals surface area contributed by atoms with Gasteiger partial charge in [0.15, 0.2) is 16.7 Å². The zero-order chi connectivity index (χ0) is 13.5. The minimum absolute atomic E-state index is 0.494. The van der Waals surface area contributed by atoms with Gasteiger partial charge < -0.3 is 15.4 Å². The van der Waals surface area contributed by atoms with Gasteiger partial charge in [-0.3, -0.25) is 4.98 Å². The maximum Gasteiger partial charge on any atom is 0.174 e. The fraction of sp³-hybridized carbons (Fsp3) is 0.154. The molecule has 2 aromatic rings. The summed E-state index contributed by atoms with van der Waals surface area (Å²) < 4.78 is 5.19. The van der Waals surface area contributed by atoms with Crippen LogP contribution in [-0.4, -0.2) is 22.2 Å². The van der Waals surface area contributed by atoms with E-state index in [2.05, 4.69) is 20.6 Å². The molecule has 0 saturated heterocycles. The van der Waals surface area contributed by atoms with Gasteiger partial charge in [-0.05, 0) is 42.0 Å². The molecule has 0 unspecified atom stereocenters. The van der Waals surface area contributed by atoms with Crippen LogP contribution in [0.15, 0.2) is 42.9 Å². The standard InChI is InChI=1S/C13H14N4OS/c1-18-11-3-2-6-15-12(11)17-13(19)16-9-10-4-7-14-8-5-10/h2-8H,9H2,1H3,(H2,15,16,17,19). The Balaban J connectivity index is 1.91. The van der Waals surface area contributed by atoms with Crippen LogP contribution in [0, 0.1) is 0 Å². The molecule has 2 aromatic heterocycles. The third-order valence-electron chi connectivity index (χ3n) is 2.42. The monoisotopic (exact) mass is 274 g/mol. The fourth-order valence-electron chi connectivity index (χ4n) is 1.48. The Morgan fingerprint density at radius 3 is 2.79 bits per heavy atom. The van der Waals surface area contributed by atoms with Crippen LogP contribution in [0.25, 0.3) is 0 Å². The number of anilines is 1. The molecule has 0 bridgehead atoms. The van der Waals surface area contributed by atoms with Crippen LogP contribution in [0.1, 0.15) is 5.56 Å². The Labute approximate surface area is 117 Å². The molecule has 2 heterocycles. The molecule has 0 amide bonds. The lowest BCUT2D eigenvalue weighted by Gasteiger charge is -2.12. The normalized spacial score (nSPS) is 9.74. The van der Waals surface area contributed by atoms with Gasteiger partial charge in [-0.2, -0.15) is 0 Å². The Morgan fingerprint density at radius 2 is 2.05 bits per heavy atom. The van der Waals surface area contributed by atoms with Crippen molar-refractivity contribution in [3.05, 3.63) is 48.4 Å². The summed E-state index contributed by atoms with van der Waals surface area (Å²) >= 11 is 5.21. The molecule has 0 aromatic carbocycles. The number of methoxy groups -OCH3 is 1. The number of ether oxygens (including phenoxy) is 1. The van der Waals surface area contributed by atoms with E-state index in [4.69, 9.17) is 17.0 Å². The first kappa shape index (κ1) is 13.2. The van der Waals surface area contributed by atoms with Crippen LogP contribution in [0.5, 0.6) is 5.75 Å². The first-order valence-corrected chi connectivity index (χ1v) is 6.13. The predicted molar refractivity (Wildman–Crippen MR) is 78.1 cm³/mol. The average Bonchev–Trinajstić information content (AvgIpc) is 2.47. The molecule has 0 aliphatic rings. The fourth-order valence-corrected chi connectivity index (χ4v) is 1.65. The van der Waals surface area contributed by atoms with E-state index in [1.165, 1.54) is 0 Å². The van der Waals surface area contributed by atoms with Crippen LogP contribution in [0.4, 0.5) is 5.82 Å². The van der Waals surface area contributed by atoms with Crippen molar-refractivity contribution in [2.45, 2.75) is 6.54 Å². The Kier molecular flexibility index (Phi) is 4.63. The van der Waals surface area contributed by atoms with E-state index < -0.39 is 0 Å². The molecule has 0 atom stereocenters. The first-order chi connectivity index (χ1) is 9.29. The van der Waals surface area contributed by atoms with Crippen LogP contribution in [0.3, 0.4) is 0 Å². The van der Waals surface area contributed by atoms with Gasteiger partial charge in [-0.25, -0.2) is 4.98 Å². The van der Waals surface area contributed by atoms with E-state index in [9.17, 15) is 0 Å². The van der Waals surface area contributed by atoms with Crippen molar-refractivity contribution in [2.75, 3.05) is 12.4 Å². The van der Waals surface area contributed by atoms with E-state index >= 15 is 0 Å². The van der Waals surface area contributed by atoms with Gasteiger partial charge in [-0.15, -0.1) is 0 Å². The molecule has 0 radical (unpaired) electrons. The van der Waals surface area contributed by atoms with Crippen molar-refractivity contribution in [3.63, 3.8) is 0 Å². The number of hydrogen-bond donors (Lipinski definition) is 2. The largest absolute Gasteiger partial charge is 0.493 e. The van der Waals surface area contributed by atoms with Crippen molar-refractivity contribution in [2.24, 2.45) is 0 Å². The number of aromatic nitrogens is 2. The molecule has 19 heavy (non-hydrogen) atoms. The molecule has 6 heteroatoms. The highest BCUT2D eigenvalue weighted by Gasteiger charge is 2.04. The minimum atomic E-state index is 0.494. The van der Waals surface area contributed by atoms with Crippen LogP contribution >= 0.6 is 12.2 Å². The Bertz CT molecular complexity index is 547. The Hall–Kier alpha value is -2.21. The summed E-state index contributed by atoms with van der Waals surface area (Å²) in [6, 6.07) is 7.48. The van der Waals surface area contributed by atoms with Gasteiger partial charge in [0.1, 0.15) is 0 Å². The summed E-state index contributed by atoms with van der Waals surface area (Å²) in [7, 11) is 1.59. The zero-order valence-corrected chi connectivity index (χ0v) is 11.3. The number of thiocarbonyl (C=S) groups is 1. The number of nitrogens with one attached hydrogen (secondary N) is 2. The number of hydrogen-bond acceptors (Lipinski definition) is 4. The van der Waals surface area contributed by atoms with Gasteiger partial charge >= 0.3 is 0 Å². The second-order valence-electron chi connectivity index (χ2n) is 3.72. The SMILES string of the molecule is COc1cccnc1NC(=S)NCc1ccncc1. The van der Waals surface area contributed by atoms with E-state index in [-0.39, 0.29) is 0 Å². The van der Waals surface area contributed by atoms with Gasteiger partial charge in [0.2, 0.25) is 0 Å². The van der Waals surface area contributed by atoms with Gasteiger partial charge in [-0.1, -0.05) is 0 Å². The van der Waals surface area contributed by atoms with Crippen molar-refractivity contribution in [3.8, 4) is 5.75 Å². The molecular weight excluding hydrogens is 260 g/mol. The molecule has 98 valence electrons. The second kappa shape index (κ2) is 6.65. The lowest BCUT2D eigenvalue weighted by atomic mass is 10.3. The molecule has 5 nitrogen and oxygen atoms in total. The number of rotatable bonds is 4. The molecule has 0 fully saturated rings. The summed E-state index contributed by atoms with van der Waals surface area (Å²) in [6.07, 6.45) is 5.17. The maximum absolute atomic E-state index is 5.21. The third kappa shape index (κ3) is 3.89. The van der Waals surface area contributed by atoms with Gasteiger partial charge in [0.25, 0.3) is 0 Å². The molecular formula is C13H14N4OS. The molecule has 0 aliphatic carbocycles. The predicted octanol–water partition coefficient (Wildman–Crippen LogP) is 1.97. The van der Waals surface area contributed by atoms with Crippen molar-refractivity contribution < 1.29 is 4.74 Å². The van der Waals surface area contributed by atoms with Crippen LogP contribution < -0.4 is 15.4 Å². The minimum Gasteiger partial charge on any atom is -0.493 e. The van der Waals surface area contributed by atoms with E-state index in [0.29, 0.717) is 23.2 Å². The zero-order valence-electron chi connectivity index (χ0n) is 10.5. The maximum atomic E-state index is 5.21. The molecule has 0 saturated carbocycles. The summed E-state index contributed by atoms with van der Waals surface area (Å²) in [5.41, 5.74) is 1.10. The molecule has 0 spiro atoms. The van der Waals surface area contributed by atoms with Crippen molar-refractivity contribution in [1.82, 2.24) is 15.3 Å². The van der Waals surface area contributed by atoms with Crippen molar-refractivity contribution >= 4 is 23.1 Å². The smallest absolute Gasteiger partial charge is 0.174 e. The summed E-state index contributed by atoms with van der Waals surface area (Å²) in [6.45, 7) is 0.628. The second-order valence-corrected chi connectivity index (χ2v) is 4.13. The Morgan fingerprint density at radius 1 is 1.26 bits per heavy atom. The quantitative estimate of drug-likeness (QED) is 0.831. The van der Waals surface area contributed by atoms with Crippen molar-refractivity contribution in [1.29, 1.82) is 0 Å². The highest BCUT2D eigenvalue weighted by Crippen LogP contribution is 2.19. The summed E-state index contributed by atoms with van der Waals surface area (Å²) in [5, 5.41) is 6.59. The van der Waals surface area contributed by atoms with Crippen LogP contribution in [-0.2, 0) is 6.54 Å². The number of nitrogens with zero attached hydrogens (tertiary/aromatic N) is 2. The molecule has 2 rings (SSSR count). The van der Waals surface area contributed by atoms with E-state index in [1.54, 1.807) is 31.8 Å². The lowest BCUT2D eigenvalue weighted by Crippen LogP contribution is -2.28. The van der Waals surface area contributed by atoms with Gasteiger partial charge in [0, 0.05) is 25.1 Å². The highest BCUT2D eigenvalue weighted by atomic mass is 32.1. The molecule has 0 aliphatic heterocycles. The highest BCUT2D eigenvalue weighted by molar-refractivity contribution is 7.80. The van der Waals surface area contributed by atoms with E-state index in [1.807, 2.05) is 18.2 Å². The molecule has 2 N–H and O–H groups in total. The summed E-state index contributed by atoms with van der Waals surface area (Å²) in [4.78, 5) is 8.13. The van der Waals surface area contributed by atoms with Crippen LogP contribution in [0.2, 0.25) is 0 Å². The average molecular weight is 274 g/mol. The first-order valence-electron chi connectivity index (χ1n) is 5.72. The van der Waals surface area contributed by atoms with E-state index in [0.717, 1.165) is 5.56 Å². The third-order valence-corrected chi connectivity index (χ3v) is 2.67. The summed E-state index contributed by atoms with van der Waals surface area (Å²) in [5.74, 6) is 1.24. The lowest BCUT2D eigenvalue weighted by molar-refractivity contribution is 0.415. The number of pyridine rings is 2. The topological polar surface area (TPSA) is 59.1 Å².